The van der Waals surface area contributed by atoms with Gasteiger partial charge in [0.2, 0.25) is 0 Å². The second-order valence-corrected chi connectivity index (χ2v) is 7.49. The number of benzene rings is 2. The summed E-state index contributed by atoms with van der Waals surface area (Å²) in [5.74, 6) is 0.383. The molecule has 3 nitrogen and oxygen atoms in total. The minimum absolute atomic E-state index is 0.167. The first-order valence-corrected chi connectivity index (χ1v) is 9.33. The molecule has 0 radical (unpaired) electrons. The molecule has 0 aliphatic heterocycles. The lowest BCUT2D eigenvalue weighted by molar-refractivity contribution is 0.102. The molecule has 1 N–H and O–H groups in total. The predicted octanol–water partition coefficient (Wildman–Crippen LogP) is 5.81. The first kappa shape index (κ1) is 17.6. The number of amides is 1. The largest absolute Gasteiger partial charge is 0.322 e. The molecule has 2 aromatic carbocycles. The van der Waals surface area contributed by atoms with Gasteiger partial charge in [0.15, 0.2) is 4.34 Å². The molecular formula is C18H14F2N2OS2. The molecule has 0 aliphatic rings. The molecule has 0 fully saturated rings. The molecule has 1 amide bonds. The van der Waals surface area contributed by atoms with Crippen LogP contribution in [0.5, 0.6) is 0 Å². The normalized spacial score (nSPS) is 10.6. The fourth-order valence-electron chi connectivity index (χ4n) is 2.15. The van der Waals surface area contributed by atoms with Crippen molar-refractivity contribution in [2.45, 2.75) is 10.8 Å². The Morgan fingerprint density at radius 1 is 1.20 bits per heavy atom. The van der Waals surface area contributed by atoms with Crippen molar-refractivity contribution in [3.63, 3.8) is 0 Å². The highest BCUT2D eigenvalue weighted by molar-refractivity contribution is 8.01. The van der Waals surface area contributed by atoms with Gasteiger partial charge < -0.3 is 5.32 Å². The molecule has 0 atom stereocenters. The molecule has 7 heteroatoms. The van der Waals surface area contributed by atoms with Crippen LogP contribution in [0.25, 0.3) is 10.2 Å². The van der Waals surface area contributed by atoms with Gasteiger partial charge in [0, 0.05) is 17.0 Å². The summed E-state index contributed by atoms with van der Waals surface area (Å²) in [6.45, 7) is 0. The highest BCUT2D eigenvalue weighted by atomic mass is 32.2. The molecule has 128 valence electrons. The van der Waals surface area contributed by atoms with E-state index in [-0.39, 0.29) is 5.91 Å². The molecule has 1 aromatic heterocycles. The number of aromatic nitrogens is 1. The van der Waals surface area contributed by atoms with Crippen LogP contribution in [0.15, 0.2) is 65.0 Å². The molecule has 0 aliphatic carbocycles. The maximum Gasteiger partial charge on any atom is 0.266 e. The van der Waals surface area contributed by atoms with Crippen molar-refractivity contribution < 1.29 is 13.6 Å². The number of nitrogens with zero attached hydrogens (tertiary/aromatic N) is 1. The summed E-state index contributed by atoms with van der Waals surface area (Å²) >= 11 is 2.93. The Morgan fingerprint density at radius 2 is 2.00 bits per heavy atom. The molecule has 3 rings (SSSR count). The van der Waals surface area contributed by atoms with Crippen LogP contribution >= 0.6 is 23.1 Å². The lowest BCUT2D eigenvalue weighted by Crippen LogP contribution is -2.11. The van der Waals surface area contributed by atoms with Crippen molar-refractivity contribution in [3.8, 4) is 0 Å². The minimum atomic E-state index is -1.65. The third kappa shape index (κ3) is 4.87. The minimum Gasteiger partial charge on any atom is -0.322 e. The summed E-state index contributed by atoms with van der Waals surface area (Å²) in [7, 11) is 0. The number of thiazole rings is 1. The van der Waals surface area contributed by atoms with E-state index in [1.54, 1.807) is 18.2 Å². The number of rotatable bonds is 6. The van der Waals surface area contributed by atoms with Gasteiger partial charge in [-0.1, -0.05) is 30.0 Å². The van der Waals surface area contributed by atoms with E-state index in [4.69, 9.17) is 0 Å². The Kier molecular flexibility index (Phi) is 5.78. The van der Waals surface area contributed by atoms with E-state index in [1.165, 1.54) is 23.1 Å². The number of halogens is 2. The Morgan fingerprint density at radius 3 is 2.76 bits per heavy atom. The second kappa shape index (κ2) is 8.22. The zero-order chi connectivity index (χ0) is 17.6. The van der Waals surface area contributed by atoms with Crippen molar-refractivity contribution in [2.75, 3.05) is 11.1 Å². The van der Waals surface area contributed by atoms with E-state index >= 15 is 0 Å². The van der Waals surface area contributed by atoms with Gasteiger partial charge in [-0.3, -0.25) is 4.79 Å². The summed E-state index contributed by atoms with van der Waals surface area (Å²) in [4.78, 5) is 16.7. The van der Waals surface area contributed by atoms with E-state index < -0.39 is 6.08 Å². The number of nitrogens with one attached hydrogen (secondary N) is 1. The maximum absolute atomic E-state index is 12.2. The lowest BCUT2D eigenvalue weighted by Gasteiger charge is -2.04. The number of anilines is 1. The molecule has 25 heavy (non-hydrogen) atoms. The van der Waals surface area contributed by atoms with Crippen molar-refractivity contribution >= 4 is 44.9 Å². The highest BCUT2D eigenvalue weighted by Gasteiger charge is 2.08. The summed E-state index contributed by atoms with van der Waals surface area (Å²) in [5, 5.41) is 2.87. The van der Waals surface area contributed by atoms with Gasteiger partial charge in [-0.25, -0.2) is 4.98 Å². The zero-order valence-electron chi connectivity index (χ0n) is 13.0. The molecule has 0 saturated carbocycles. The van der Waals surface area contributed by atoms with Gasteiger partial charge in [0.1, 0.15) is 0 Å². The molecule has 3 aromatic rings. The van der Waals surface area contributed by atoms with Crippen LogP contribution in [-0.2, 0) is 0 Å². The van der Waals surface area contributed by atoms with Gasteiger partial charge in [-0.15, -0.1) is 11.3 Å². The van der Waals surface area contributed by atoms with E-state index in [0.29, 0.717) is 23.4 Å². The maximum atomic E-state index is 12.2. The standard InChI is InChI=1S/C18H14F2N2OS2/c19-16(20)7-4-10-24-18-22-14-9-8-13(11-15(14)25-18)21-17(23)12-5-2-1-3-6-12/h1-3,5-9,11H,4,10H2,(H,21,23). The highest BCUT2D eigenvalue weighted by Crippen LogP contribution is 2.31. The second-order valence-electron chi connectivity index (χ2n) is 5.11. The Bertz CT molecular complexity index is 906. The van der Waals surface area contributed by atoms with Gasteiger partial charge in [-0.2, -0.15) is 8.78 Å². The van der Waals surface area contributed by atoms with E-state index in [0.717, 1.165) is 20.6 Å². The topological polar surface area (TPSA) is 42.0 Å². The summed E-state index contributed by atoms with van der Waals surface area (Å²) < 4.78 is 25.8. The van der Waals surface area contributed by atoms with Gasteiger partial charge in [0.25, 0.3) is 12.0 Å². The Hall–Kier alpha value is -2.25. The smallest absolute Gasteiger partial charge is 0.266 e. The predicted molar refractivity (Wildman–Crippen MR) is 99.7 cm³/mol. The Labute approximate surface area is 151 Å². The first-order chi connectivity index (χ1) is 12.1. The number of allylic oxidation sites excluding steroid dienone is 1. The monoisotopic (exact) mass is 376 g/mol. The first-order valence-electron chi connectivity index (χ1n) is 7.53. The van der Waals surface area contributed by atoms with Crippen LogP contribution in [0.3, 0.4) is 0 Å². The van der Waals surface area contributed by atoms with Gasteiger partial charge in [-0.05, 0) is 42.8 Å². The number of hydrogen-bond acceptors (Lipinski definition) is 4. The van der Waals surface area contributed by atoms with Crippen LogP contribution in [0, 0.1) is 0 Å². The average molecular weight is 376 g/mol. The summed E-state index contributed by atoms with van der Waals surface area (Å²) in [6, 6.07) is 14.5. The number of carbonyl (C=O) groups is 1. The summed E-state index contributed by atoms with van der Waals surface area (Å²) in [6.07, 6.45) is -0.428. The van der Waals surface area contributed by atoms with Crippen LogP contribution in [0.2, 0.25) is 0 Å². The van der Waals surface area contributed by atoms with Crippen LogP contribution in [0.1, 0.15) is 16.8 Å². The van der Waals surface area contributed by atoms with Crippen LogP contribution in [-0.4, -0.2) is 16.6 Å². The van der Waals surface area contributed by atoms with Crippen molar-refractivity contribution in [3.05, 3.63) is 66.3 Å². The van der Waals surface area contributed by atoms with Crippen molar-refractivity contribution in [2.24, 2.45) is 0 Å². The number of fused-ring (bicyclic) bond motifs is 1. The quantitative estimate of drug-likeness (QED) is 0.436. The fraction of sp³-hybridized carbons (Fsp3) is 0.111. The summed E-state index contributed by atoms with van der Waals surface area (Å²) in [5.41, 5.74) is 2.12. The molecule has 0 bridgehead atoms. The van der Waals surface area contributed by atoms with Crippen molar-refractivity contribution in [1.82, 2.24) is 4.98 Å². The Balaban J connectivity index is 1.68. The molecule has 0 unspecified atom stereocenters. The lowest BCUT2D eigenvalue weighted by atomic mass is 10.2. The van der Waals surface area contributed by atoms with E-state index in [2.05, 4.69) is 10.3 Å². The molecular weight excluding hydrogens is 362 g/mol. The number of thioether (sulfide) groups is 1. The van der Waals surface area contributed by atoms with E-state index in [1.807, 2.05) is 30.3 Å². The van der Waals surface area contributed by atoms with Crippen molar-refractivity contribution in [1.29, 1.82) is 0 Å². The van der Waals surface area contributed by atoms with Crippen LogP contribution < -0.4 is 5.32 Å². The third-order valence-electron chi connectivity index (χ3n) is 3.30. The van der Waals surface area contributed by atoms with Gasteiger partial charge in [0.05, 0.1) is 10.2 Å². The molecule has 0 saturated heterocycles. The van der Waals surface area contributed by atoms with E-state index in [9.17, 15) is 13.6 Å². The fourth-order valence-corrected chi connectivity index (χ4v) is 4.21. The zero-order valence-corrected chi connectivity index (χ0v) is 14.7. The van der Waals surface area contributed by atoms with Crippen LogP contribution in [0.4, 0.5) is 14.5 Å². The third-order valence-corrected chi connectivity index (χ3v) is 5.50. The average Bonchev–Trinajstić information content (AvgIpc) is 3.01. The number of carbonyl (C=O) groups excluding carboxylic acids is 1. The molecule has 0 spiro atoms. The number of hydrogen-bond donors (Lipinski definition) is 1. The molecule has 1 heterocycles. The van der Waals surface area contributed by atoms with Gasteiger partial charge >= 0.3 is 0 Å². The SMILES string of the molecule is O=C(Nc1ccc2nc(SCCC=C(F)F)sc2c1)c1ccccc1.